The van der Waals surface area contributed by atoms with E-state index < -0.39 is 0 Å². The second kappa shape index (κ2) is 5.85. The molecule has 1 aromatic heterocycles. The lowest BCUT2D eigenvalue weighted by Crippen LogP contribution is -2.13. The van der Waals surface area contributed by atoms with Gasteiger partial charge < -0.3 is 5.32 Å². The topological polar surface area (TPSA) is 24.9 Å². The summed E-state index contributed by atoms with van der Waals surface area (Å²) in [5.41, 5.74) is 3.31. The molecule has 0 amide bonds. The lowest BCUT2D eigenvalue weighted by Gasteiger charge is -2.15. The summed E-state index contributed by atoms with van der Waals surface area (Å²) in [6.07, 6.45) is 2.45. The van der Waals surface area contributed by atoms with E-state index in [0.29, 0.717) is 0 Å². The predicted octanol–water partition coefficient (Wildman–Crippen LogP) is 4.39. The Morgan fingerprint density at radius 2 is 1.89 bits per heavy atom. The third-order valence-corrected chi connectivity index (χ3v) is 3.60. The van der Waals surface area contributed by atoms with Gasteiger partial charge in [0.25, 0.3) is 0 Å². The van der Waals surface area contributed by atoms with Crippen molar-refractivity contribution in [3.05, 3.63) is 36.0 Å². The monoisotopic (exact) mass is 242 g/mol. The van der Waals surface area contributed by atoms with Crippen LogP contribution in [0.15, 0.2) is 30.3 Å². The number of pyridine rings is 1. The van der Waals surface area contributed by atoms with Gasteiger partial charge in [0.2, 0.25) is 0 Å². The fourth-order valence-corrected chi connectivity index (χ4v) is 2.22. The highest BCUT2D eigenvalue weighted by atomic mass is 14.9. The Hall–Kier alpha value is -1.57. The van der Waals surface area contributed by atoms with Crippen molar-refractivity contribution in [2.75, 3.05) is 11.9 Å². The summed E-state index contributed by atoms with van der Waals surface area (Å²) in [5, 5.41) is 4.76. The number of nitrogens with zero attached hydrogens (tertiary/aromatic N) is 1. The Balaban J connectivity index is 2.24. The average Bonchev–Trinajstić information content (AvgIpc) is 2.40. The standard InChI is InChI=1S/C16H22N2/c1-4-13(5-2)11-17-15-8-6-7-14-10-9-12(3)18-16(14)15/h6-10,13,17H,4-5,11H2,1-3H3. The summed E-state index contributed by atoms with van der Waals surface area (Å²) in [5.74, 6) is 0.741. The molecule has 18 heavy (non-hydrogen) atoms. The van der Waals surface area contributed by atoms with Gasteiger partial charge in [-0.1, -0.05) is 44.9 Å². The van der Waals surface area contributed by atoms with Gasteiger partial charge in [-0.25, -0.2) is 0 Å². The van der Waals surface area contributed by atoms with Gasteiger partial charge in [0.1, 0.15) is 0 Å². The Morgan fingerprint density at radius 1 is 1.11 bits per heavy atom. The van der Waals surface area contributed by atoms with Gasteiger partial charge in [0.15, 0.2) is 0 Å². The van der Waals surface area contributed by atoms with Crippen molar-refractivity contribution in [1.29, 1.82) is 0 Å². The average molecular weight is 242 g/mol. The first-order chi connectivity index (χ1) is 8.74. The molecule has 0 unspecified atom stereocenters. The summed E-state index contributed by atoms with van der Waals surface area (Å²) in [6, 6.07) is 10.5. The molecule has 0 spiro atoms. The van der Waals surface area contributed by atoms with Crippen molar-refractivity contribution < 1.29 is 0 Å². The highest BCUT2D eigenvalue weighted by Crippen LogP contribution is 2.22. The Kier molecular flexibility index (Phi) is 4.19. The van der Waals surface area contributed by atoms with Crippen molar-refractivity contribution in [2.24, 2.45) is 5.92 Å². The molecular formula is C16H22N2. The normalized spacial score (nSPS) is 11.1. The number of benzene rings is 1. The lowest BCUT2D eigenvalue weighted by atomic mass is 10.0. The minimum atomic E-state index is 0.741. The predicted molar refractivity (Wildman–Crippen MR) is 79.0 cm³/mol. The molecule has 0 fully saturated rings. The zero-order chi connectivity index (χ0) is 13.0. The van der Waals surface area contributed by atoms with Crippen molar-refractivity contribution >= 4 is 16.6 Å². The highest BCUT2D eigenvalue weighted by Gasteiger charge is 2.06. The maximum Gasteiger partial charge on any atom is 0.0936 e. The van der Waals surface area contributed by atoms with E-state index in [2.05, 4.69) is 54.5 Å². The van der Waals surface area contributed by atoms with E-state index in [0.717, 1.165) is 29.4 Å². The van der Waals surface area contributed by atoms with Crippen LogP contribution in [0.4, 0.5) is 5.69 Å². The van der Waals surface area contributed by atoms with Gasteiger partial charge in [0, 0.05) is 17.6 Å². The van der Waals surface area contributed by atoms with Crippen LogP contribution in [0.1, 0.15) is 32.4 Å². The summed E-state index contributed by atoms with van der Waals surface area (Å²) in [7, 11) is 0. The summed E-state index contributed by atoms with van der Waals surface area (Å²) >= 11 is 0. The molecule has 2 aromatic rings. The minimum absolute atomic E-state index is 0.741. The number of hydrogen-bond acceptors (Lipinski definition) is 2. The maximum atomic E-state index is 4.64. The molecule has 1 heterocycles. The van der Waals surface area contributed by atoms with Crippen LogP contribution in [0.5, 0.6) is 0 Å². The molecular weight excluding hydrogens is 220 g/mol. The summed E-state index contributed by atoms with van der Waals surface area (Å²) in [4.78, 5) is 4.64. The number of fused-ring (bicyclic) bond motifs is 1. The molecule has 0 atom stereocenters. The molecule has 0 saturated carbocycles. The maximum absolute atomic E-state index is 4.64. The molecule has 1 aromatic carbocycles. The molecule has 0 bridgehead atoms. The molecule has 96 valence electrons. The van der Waals surface area contributed by atoms with Crippen LogP contribution in [-0.2, 0) is 0 Å². The van der Waals surface area contributed by atoms with Gasteiger partial charge in [-0.05, 0) is 25.0 Å². The fraction of sp³-hybridized carbons (Fsp3) is 0.438. The van der Waals surface area contributed by atoms with Gasteiger partial charge in [-0.15, -0.1) is 0 Å². The number of nitrogens with one attached hydrogen (secondary N) is 1. The SMILES string of the molecule is CCC(CC)CNc1cccc2ccc(C)nc12. The van der Waals surface area contributed by atoms with E-state index in [9.17, 15) is 0 Å². The second-order valence-electron chi connectivity index (χ2n) is 4.89. The molecule has 1 N–H and O–H groups in total. The van der Waals surface area contributed by atoms with E-state index >= 15 is 0 Å². The Morgan fingerprint density at radius 3 is 2.61 bits per heavy atom. The molecule has 0 aliphatic rings. The first-order valence-corrected chi connectivity index (χ1v) is 6.84. The van der Waals surface area contributed by atoms with E-state index in [-0.39, 0.29) is 0 Å². The van der Waals surface area contributed by atoms with Crippen molar-refractivity contribution in [1.82, 2.24) is 4.98 Å². The zero-order valence-electron chi connectivity index (χ0n) is 11.5. The Bertz CT molecular complexity index is 515. The number of rotatable bonds is 5. The van der Waals surface area contributed by atoms with E-state index in [1.54, 1.807) is 0 Å². The molecule has 2 heteroatoms. The number of anilines is 1. The van der Waals surface area contributed by atoms with Crippen molar-refractivity contribution in [3.8, 4) is 0 Å². The largest absolute Gasteiger partial charge is 0.383 e. The van der Waals surface area contributed by atoms with Gasteiger partial charge in [-0.3, -0.25) is 4.98 Å². The number of aryl methyl sites for hydroxylation is 1. The Labute approximate surface area is 109 Å². The van der Waals surface area contributed by atoms with Gasteiger partial charge in [-0.2, -0.15) is 0 Å². The van der Waals surface area contributed by atoms with Crippen molar-refractivity contribution in [3.63, 3.8) is 0 Å². The number of hydrogen-bond donors (Lipinski definition) is 1. The first kappa shape index (κ1) is 12.9. The molecule has 0 aliphatic carbocycles. The molecule has 2 rings (SSSR count). The molecule has 0 aliphatic heterocycles. The molecule has 0 radical (unpaired) electrons. The van der Waals surface area contributed by atoms with Gasteiger partial charge >= 0.3 is 0 Å². The summed E-state index contributed by atoms with van der Waals surface area (Å²) < 4.78 is 0. The quantitative estimate of drug-likeness (QED) is 0.841. The van der Waals surface area contributed by atoms with Crippen LogP contribution in [-0.4, -0.2) is 11.5 Å². The van der Waals surface area contributed by atoms with Crippen LogP contribution in [0.25, 0.3) is 10.9 Å². The van der Waals surface area contributed by atoms with Crippen LogP contribution in [0.2, 0.25) is 0 Å². The van der Waals surface area contributed by atoms with E-state index in [1.807, 2.05) is 6.92 Å². The first-order valence-electron chi connectivity index (χ1n) is 6.84. The van der Waals surface area contributed by atoms with E-state index in [1.165, 1.54) is 18.2 Å². The van der Waals surface area contributed by atoms with Crippen LogP contribution in [0.3, 0.4) is 0 Å². The van der Waals surface area contributed by atoms with Crippen LogP contribution >= 0.6 is 0 Å². The minimum Gasteiger partial charge on any atom is -0.383 e. The zero-order valence-corrected chi connectivity index (χ0v) is 11.5. The number of aromatic nitrogens is 1. The lowest BCUT2D eigenvalue weighted by molar-refractivity contribution is 0.519. The number of para-hydroxylation sites is 1. The van der Waals surface area contributed by atoms with Crippen LogP contribution in [0, 0.1) is 12.8 Å². The van der Waals surface area contributed by atoms with Crippen LogP contribution < -0.4 is 5.32 Å². The highest BCUT2D eigenvalue weighted by molar-refractivity contribution is 5.90. The molecule has 0 saturated heterocycles. The van der Waals surface area contributed by atoms with E-state index in [4.69, 9.17) is 0 Å². The summed E-state index contributed by atoms with van der Waals surface area (Å²) in [6.45, 7) is 7.57. The third kappa shape index (κ3) is 2.81. The molecule has 2 nitrogen and oxygen atoms in total. The smallest absolute Gasteiger partial charge is 0.0936 e. The van der Waals surface area contributed by atoms with Gasteiger partial charge in [0.05, 0.1) is 11.2 Å². The third-order valence-electron chi connectivity index (χ3n) is 3.60. The fourth-order valence-electron chi connectivity index (χ4n) is 2.22. The second-order valence-corrected chi connectivity index (χ2v) is 4.89. The van der Waals surface area contributed by atoms with Crippen molar-refractivity contribution in [2.45, 2.75) is 33.6 Å².